The highest BCUT2D eigenvalue weighted by atomic mass is 16.4. The molecule has 5 aliphatic rings. The second-order valence-electron chi connectivity index (χ2n) is 14.5. The van der Waals surface area contributed by atoms with Crippen LogP contribution in [0.5, 0.6) is 0 Å². The normalized spacial score (nSPS) is 55.0. The number of hydrogen-bond acceptors (Lipinski definition) is 2. The van der Waals surface area contributed by atoms with Gasteiger partial charge >= 0.3 is 5.97 Å². The second-order valence-corrected chi connectivity index (χ2v) is 14.5. The topological polar surface area (TPSA) is 57.5 Å². The number of carboxylic acids is 1. The summed E-state index contributed by atoms with van der Waals surface area (Å²) in [6.45, 7) is 18.8. The van der Waals surface area contributed by atoms with Crippen molar-refractivity contribution in [3.8, 4) is 0 Å². The van der Waals surface area contributed by atoms with Gasteiger partial charge in [-0.1, -0.05) is 46.8 Å². The molecule has 0 amide bonds. The Hall–Kier alpha value is -0.830. The van der Waals surface area contributed by atoms with E-state index >= 15 is 0 Å². The predicted octanol–water partition coefficient (Wildman–Crippen LogP) is 7.09. The van der Waals surface area contributed by atoms with E-state index in [-0.39, 0.29) is 33.7 Å². The maximum Gasteiger partial charge on any atom is 0.309 e. The summed E-state index contributed by atoms with van der Waals surface area (Å²) < 4.78 is 0. The van der Waals surface area contributed by atoms with Gasteiger partial charge in [-0.05, 0) is 122 Å². The van der Waals surface area contributed by atoms with Crippen molar-refractivity contribution in [2.24, 2.45) is 56.7 Å². The third-order valence-electron chi connectivity index (χ3n) is 13.5. The molecule has 0 spiro atoms. The van der Waals surface area contributed by atoms with E-state index in [1.165, 1.54) is 31.3 Å². The van der Waals surface area contributed by atoms with Gasteiger partial charge in [-0.2, -0.15) is 0 Å². The zero-order valence-corrected chi connectivity index (χ0v) is 22.0. The van der Waals surface area contributed by atoms with Crippen LogP contribution in [0.25, 0.3) is 0 Å². The Morgan fingerprint density at radius 1 is 0.818 bits per heavy atom. The van der Waals surface area contributed by atoms with Crippen LogP contribution in [-0.2, 0) is 4.79 Å². The van der Waals surface area contributed by atoms with Crippen molar-refractivity contribution in [3.63, 3.8) is 0 Å². The van der Waals surface area contributed by atoms with E-state index in [1.54, 1.807) is 0 Å². The molecule has 0 unspecified atom stereocenters. The summed E-state index contributed by atoms with van der Waals surface area (Å²) in [5, 5.41) is 21.4. The molecule has 0 aromatic rings. The lowest BCUT2D eigenvalue weighted by molar-refractivity contribution is -0.248. The Balaban J connectivity index is 1.57. The third kappa shape index (κ3) is 2.75. The van der Waals surface area contributed by atoms with E-state index < -0.39 is 11.4 Å². The Labute approximate surface area is 201 Å². The van der Waals surface area contributed by atoms with Gasteiger partial charge < -0.3 is 10.2 Å². The fourth-order valence-electron chi connectivity index (χ4n) is 11.5. The molecular weight excluding hydrogens is 408 g/mol. The second kappa shape index (κ2) is 7.11. The largest absolute Gasteiger partial charge is 0.481 e. The molecule has 0 radical (unpaired) electrons. The van der Waals surface area contributed by atoms with Gasteiger partial charge in [0.1, 0.15) is 0 Å². The van der Waals surface area contributed by atoms with Gasteiger partial charge in [0.15, 0.2) is 0 Å². The van der Waals surface area contributed by atoms with Crippen LogP contribution in [-0.4, -0.2) is 22.3 Å². The van der Waals surface area contributed by atoms with Crippen LogP contribution in [0.1, 0.15) is 106 Å². The number of allylic oxidation sites excluding steroid dienone is 1. The van der Waals surface area contributed by atoms with Gasteiger partial charge in [0.25, 0.3) is 0 Å². The number of fused-ring (bicyclic) bond motifs is 7. The zero-order valence-electron chi connectivity index (χ0n) is 22.0. The summed E-state index contributed by atoms with van der Waals surface area (Å²) >= 11 is 0. The molecular formula is C30H48O3. The van der Waals surface area contributed by atoms with E-state index in [9.17, 15) is 15.0 Å². The van der Waals surface area contributed by atoms with E-state index in [0.717, 1.165) is 38.5 Å². The number of carboxylic acid groups (broad SMARTS) is 1. The number of rotatable bonds is 2. The maximum absolute atomic E-state index is 12.8. The first-order valence-electron chi connectivity index (χ1n) is 13.8. The molecule has 5 fully saturated rings. The molecule has 186 valence electrons. The molecule has 0 saturated heterocycles. The van der Waals surface area contributed by atoms with Gasteiger partial charge in [-0.25, -0.2) is 0 Å². The molecule has 33 heavy (non-hydrogen) atoms. The summed E-state index contributed by atoms with van der Waals surface area (Å²) in [5.41, 5.74) is 1.35. The minimum absolute atomic E-state index is 0.0202. The highest BCUT2D eigenvalue weighted by Crippen LogP contribution is 2.77. The smallest absolute Gasteiger partial charge is 0.309 e. The number of aliphatic carboxylic acids is 1. The van der Waals surface area contributed by atoms with Crippen molar-refractivity contribution in [3.05, 3.63) is 12.2 Å². The summed E-state index contributed by atoms with van der Waals surface area (Å²) in [5.74, 6) is 1.79. The van der Waals surface area contributed by atoms with E-state index in [2.05, 4.69) is 48.1 Å². The van der Waals surface area contributed by atoms with Crippen LogP contribution < -0.4 is 0 Å². The van der Waals surface area contributed by atoms with Crippen LogP contribution in [0.2, 0.25) is 0 Å². The van der Waals surface area contributed by atoms with E-state index in [4.69, 9.17) is 0 Å². The molecule has 5 rings (SSSR count). The van der Waals surface area contributed by atoms with Crippen molar-refractivity contribution >= 4 is 5.97 Å². The minimum atomic E-state index is -0.538. The first-order valence-corrected chi connectivity index (χ1v) is 13.8. The molecule has 3 heteroatoms. The van der Waals surface area contributed by atoms with Gasteiger partial charge in [-0.3, -0.25) is 4.79 Å². The van der Waals surface area contributed by atoms with Crippen LogP contribution in [0.15, 0.2) is 12.2 Å². The average Bonchev–Trinajstić information content (AvgIpc) is 3.13. The molecule has 3 nitrogen and oxygen atoms in total. The number of hydrogen-bond donors (Lipinski definition) is 2. The highest BCUT2D eigenvalue weighted by Gasteiger charge is 2.71. The predicted molar refractivity (Wildman–Crippen MR) is 133 cm³/mol. The van der Waals surface area contributed by atoms with E-state index in [1.807, 2.05) is 0 Å². The standard InChI is InChI=1S/C30H48O3/c1-18(2)19-10-15-30(25(32)33)17-16-28(6)20(24(19)30)8-9-22-27(5)13-12-23(31)26(3,4)21(27)11-14-29(22,28)7/h19-24,31H,1,8-17H2,2-7H3,(H,32,33)/t19-,20-,21-,22+,23-,24-,27+,28+,29-,30+/m0/s1. The first-order chi connectivity index (χ1) is 15.3. The zero-order chi connectivity index (χ0) is 24.2. The fraction of sp³-hybridized carbons (Fsp3) is 0.900. The Kier molecular flexibility index (Phi) is 5.15. The van der Waals surface area contributed by atoms with Crippen molar-refractivity contribution in [2.75, 3.05) is 0 Å². The molecule has 5 saturated carbocycles. The van der Waals surface area contributed by atoms with Gasteiger partial charge in [0.2, 0.25) is 0 Å². The molecule has 0 bridgehead atoms. The van der Waals surface area contributed by atoms with Crippen LogP contribution in [0.4, 0.5) is 0 Å². The van der Waals surface area contributed by atoms with Crippen LogP contribution >= 0.6 is 0 Å². The number of aliphatic hydroxyl groups excluding tert-OH is 1. The molecule has 10 atom stereocenters. The maximum atomic E-state index is 12.8. The molecule has 5 aliphatic carbocycles. The molecule has 2 N–H and O–H groups in total. The van der Waals surface area contributed by atoms with Crippen LogP contribution in [0, 0.1) is 56.7 Å². The van der Waals surface area contributed by atoms with Gasteiger partial charge in [-0.15, -0.1) is 0 Å². The first kappa shape index (κ1) is 23.9. The van der Waals surface area contributed by atoms with E-state index in [0.29, 0.717) is 23.7 Å². The lowest BCUT2D eigenvalue weighted by atomic mass is 9.32. The summed E-state index contributed by atoms with van der Waals surface area (Å²) in [6.07, 6.45) is 10.5. The van der Waals surface area contributed by atoms with Crippen molar-refractivity contribution < 1.29 is 15.0 Å². The summed E-state index contributed by atoms with van der Waals surface area (Å²) in [6, 6.07) is 0. The molecule has 0 aromatic carbocycles. The lowest BCUT2D eigenvalue weighted by Crippen LogP contribution is -2.67. The monoisotopic (exact) mass is 456 g/mol. The molecule has 0 aliphatic heterocycles. The summed E-state index contributed by atoms with van der Waals surface area (Å²) in [4.78, 5) is 12.8. The third-order valence-corrected chi connectivity index (χ3v) is 13.5. The Bertz CT molecular complexity index is 861. The highest BCUT2D eigenvalue weighted by molar-refractivity contribution is 5.76. The molecule has 0 heterocycles. The fourth-order valence-corrected chi connectivity index (χ4v) is 11.5. The SMILES string of the molecule is C=C(C)[C@@H]1CC[C@@]2(C(=O)O)CC[C@]3(C)[C@@H](CC[C@@H]4[C@]5(C)CC[C@H](O)C(C)(C)[C@@H]5CC[C@@]43C)[C@H]12. The van der Waals surface area contributed by atoms with Gasteiger partial charge in [0.05, 0.1) is 11.5 Å². The Morgan fingerprint density at radius 2 is 1.52 bits per heavy atom. The number of carbonyl (C=O) groups is 1. The number of aliphatic hydroxyl groups is 1. The average molecular weight is 457 g/mol. The Morgan fingerprint density at radius 3 is 2.15 bits per heavy atom. The molecule has 0 aromatic heterocycles. The van der Waals surface area contributed by atoms with Crippen LogP contribution in [0.3, 0.4) is 0 Å². The minimum Gasteiger partial charge on any atom is -0.481 e. The van der Waals surface area contributed by atoms with Crippen molar-refractivity contribution in [1.82, 2.24) is 0 Å². The summed E-state index contributed by atoms with van der Waals surface area (Å²) in [7, 11) is 0. The van der Waals surface area contributed by atoms with Crippen molar-refractivity contribution in [2.45, 2.75) is 112 Å². The lowest BCUT2D eigenvalue weighted by Gasteiger charge is -2.72. The van der Waals surface area contributed by atoms with Gasteiger partial charge in [0, 0.05) is 0 Å². The quantitative estimate of drug-likeness (QED) is 0.436. The van der Waals surface area contributed by atoms with Crippen molar-refractivity contribution in [1.29, 1.82) is 0 Å².